The van der Waals surface area contributed by atoms with E-state index in [1.807, 2.05) is 35.7 Å². The quantitative estimate of drug-likeness (QED) is 0.787. The van der Waals surface area contributed by atoms with Crippen molar-refractivity contribution in [2.75, 3.05) is 5.32 Å². The lowest BCUT2D eigenvalue weighted by Crippen LogP contribution is -2.14. The average Bonchev–Trinajstić information content (AvgIpc) is 2.87. The number of hydrogen-bond acceptors (Lipinski definition) is 4. The van der Waals surface area contributed by atoms with Gasteiger partial charge in [-0.3, -0.25) is 10.1 Å². The van der Waals surface area contributed by atoms with Gasteiger partial charge in [-0.15, -0.1) is 0 Å². The van der Waals surface area contributed by atoms with Gasteiger partial charge in [-0.1, -0.05) is 13.0 Å². The number of aryl methyl sites for hydroxylation is 1. The molecule has 100 valence electrons. The van der Waals surface area contributed by atoms with Crippen LogP contribution in [0.1, 0.15) is 23.2 Å². The maximum absolute atomic E-state index is 12.3. The zero-order valence-electron chi connectivity index (χ0n) is 10.9. The van der Waals surface area contributed by atoms with Gasteiger partial charge in [0.05, 0.1) is 5.52 Å². The Morgan fingerprint density at radius 1 is 1.25 bits per heavy atom. The molecule has 3 rings (SSSR count). The first-order valence-corrected chi connectivity index (χ1v) is 6.34. The zero-order chi connectivity index (χ0) is 13.9. The highest BCUT2D eigenvalue weighted by Crippen LogP contribution is 2.14. The highest BCUT2D eigenvalue weighted by molar-refractivity contribution is 6.06. The molecule has 0 unspecified atom stereocenters. The second kappa shape index (κ2) is 5.08. The van der Waals surface area contributed by atoms with E-state index < -0.39 is 0 Å². The molecule has 3 aromatic heterocycles. The molecule has 0 aromatic carbocycles. The van der Waals surface area contributed by atoms with Crippen molar-refractivity contribution in [2.45, 2.75) is 13.3 Å². The largest absolute Gasteiger partial charge is 0.303 e. The number of nitrogens with zero attached hydrogens (tertiary/aromatic N) is 4. The van der Waals surface area contributed by atoms with E-state index in [2.05, 4.69) is 20.3 Å². The van der Waals surface area contributed by atoms with Crippen molar-refractivity contribution < 1.29 is 4.79 Å². The van der Waals surface area contributed by atoms with Crippen LogP contribution in [0.4, 0.5) is 5.95 Å². The summed E-state index contributed by atoms with van der Waals surface area (Å²) in [6, 6.07) is 7.35. The van der Waals surface area contributed by atoms with Gasteiger partial charge in [-0.05, 0) is 18.2 Å². The lowest BCUT2D eigenvalue weighted by Gasteiger charge is -2.00. The maximum atomic E-state index is 12.3. The van der Waals surface area contributed by atoms with Gasteiger partial charge in [-0.2, -0.15) is 0 Å². The highest BCUT2D eigenvalue weighted by Gasteiger charge is 2.17. The number of carbonyl (C=O) groups excluding carboxylic acids is 1. The van der Waals surface area contributed by atoms with Crippen molar-refractivity contribution in [3.8, 4) is 0 Å². The summed E-state index contributed by atoms with van der Waals surface area (Å²) in [6.07, 6.45) is 5.80. The Morgan fingerprint density at radius 3 is 2.80 bits per heavy atom. The van der Waals surface area contributed by atoms with Crippen LogP contribution < -0.4 is 5.32 Å². The summed E-state index contributed by atoms with van der Waals surface area (Å²) in [7, 11) is 0. The summed E-state index contributed by atoms with van der Waals surface area (Å²) in [4.78, 5) is 24.6. The van der Waals surface area contributed by atoms with Crippen LogP contribution in [-0.4, -0.2) is 25.3 Å². The van der Waals surface area contributed by atoms with Crippen LogP contribution in [0.25, 0.3) is 5.52 Å². The normalized spacial score (nSPS) is 10.7. The molecule has 6 heteroatoms. The maximum Gasteiger partial charge on any atom is 0.278 e. The standard InChI is InChI=1S/C14H13N5O/c1-2-11-17-12(10-6-3-4-9-19(10)11)13(20)18-14-15-7-5-8-16-14/h3-9H,2H2,1H3,(H,15,16,18,20). The van der Waals surface area contributed by atoms with Crippen LogP contribution in [0.15, 0.2) is 42.9 Å². The number of aromatic nitrogens is 4. The van der Waals surface area contributed by atoms with E-state index in [4.69, 9.17) is 0 Å². The van der Waals surface area contributed by atoms with Crippen LogP contribution in [-0.2, 0) is 6.42 Å². The van der Waals surface area contributed by atoms with E-state index in [0.717, 1.165) is 17.8 Å². The Balaban J connectivity index is 2.00. The van der Waals surface area contributed by atoms with Gasteiger partial charge in [0.1, 0.15) is 5.82 Å². The van der Waals surface area contributed by atoms with E-state index in [0.29, 0.717) is 5.69 Å². The van der Waals surface area contributed by atoms with Gasteiger partial charge in [0.15, 0.2) is 5.69 Å². The fourth-order valence-electron chi connectivity index (χ4n) is 2.04. The minimum atomic E-state index is -0.306. The number of carbonyl (C=O) groups is 1. The third kappa shape index (κ3) is 2.11. The molecule has 0 fully saturated rings. The molecule has 0 spiro atoms. The fourth-order valence-corrected chi connectivity index (χ4v) is 2.04. The lowest BCUT2D eigenvalue weighted by molar-refractivity contribution is 0.102. The smallest absolute Gasteiger partial charge is 0.278 e. The Morgan fingerprint density at radius 2 is 2.05 bits per heavy atom. The minimum Gasteiger partial charge on any atom is -0.303 e. The molecule has 3 aromatic rings. The second-order valence-corrected chi connectivity index (χ2v) is 4.21. The van der Waals surface area contributed by atoms with Crippen LogP contribution in [0, 0.1) is 0 Å². The number of hydrogen-bond donors (Lipinski definition) is 1. The van der Waals surface area contributed by atoms with Gasteiger partial charge in [0.25, 0.3) is 5.91 Å². The third-order valence-electron chi connectivity index (χ3n) is 2.94. The molecule has 1 N–H and O–H groups in total. The number of rotatable bonds is 3. The molecule has 20 heavy (non-hydrogen) atoms. The van der Waals surface area contributed by atoms with Crippen LogP contribution in [0.3, 0.4) is 0 Å². The number of nitrogens with one attached hydrogen (secondary N) is 1. The van der Waals surface area contributed by atoms with Crippen molar-refractivity contribution in [3.63, 3.8) is 0 Å². The van der Waals surface area contributed by atoms with E-state index in [1.54, 1.807) is 18.5 Å². The molecule has 0 saturated heterocycles. The number of amides is 1. The van der Waals surface area contributed by atoms with Gasteiger partial charge in [-0.25, -0.2) is 15.0 Å². The number of fused-ring (bicyclic) bond motifs is 1. The molecule has 6 nitrogen and oxygen atoms in total. The SMILES string of the molecule is CCc1nc(C(=O)Nc2ncccn2)c2ccccn12. The molecular formula is C14H13N5O. The molecule has 3 heterocycles. The number of pyridine rings is 1. The Labute approximate surface area is 115 Å². The van der Waals surface area contributed by atoms with E-state index in [-0.39, 0.29) is 11.9 Å². The molecule has 0 aliphatic heterocycles. The van der Waals surface area contributed by atoms with E-state index in [9.17, 15) is 4.79 Å². The van der Waals surface area contributed by atoms with Crippen LogP contribution in [0.2, 0.25) is 0 Å². The summed E-state index contributed by atoms with van der Waals surface area (Å²) in [6.45, 7) is 2.00. The van der Waals surface area contributed by atoms with Gasteiger partial charge >= 0.3 is 0 Å². The minimum absolute atomic E-state index is 0.271. The first-order valence-electron chi connectivity index (χ1n) is 6.34. The first-order chi connectivity index (χ1) is 9.79. The summed E-state index contributed by atoms with van der Waals surface area (Å²) in [5.74, 6) is 0.812. The second-order valence-electron chi connectivity index (χ2n) is 4.21. The molecule has 0 aliphatic carbocycles. The number of anilines is 1. The topological polar surface area (TPSA) is 72.2 Å². The fraction of sp³-hybridized carbons (Fsp3) is 0.143. The van der Waals surface area contributed by atoms with Crippen molar-refractivity contribution in [3.05, 3.63) is 54.4 Å². The Kier molecular flexibility index (Phi) is 3.12. The van der Waals surface area contributed by atoms with Crippen molar-refractivity contribution in [1.82, 2.24) is 19.4 Å². The predicted molar refractivity (Wildman–Crippen MR) is 74.6 cm³/mol. The van der Waals surface area contributed by atoms with E-state index in [1.165, 1.54) is 0 Å². The monoisotopic (exact) mass is 267 g/mol. The predicted octanol–water partition coefficient (Wildman–Crippen LogP) is 1.94. The third-order valence-corrected chi connectivity index (χ3v) is 2.94. The summed E-state index contributed by atoms with van der Waals surface area (Å²) in [5.41, 5.74) is 1.16. The molecule has 0 atom stereocenters. The first kappa shape index (κ1) is 12.3. The number of imidazole rings is 1. The van der Waals surface area contributed by atoms with E-state index >= 15 is 0 Å². The van der Waals surface area contributed by atoms with Crippen LogP contribution in [0.5, 0.6) is 0 Å². The van der Waals surface area contributed by atoms with Crippen molar-refractivity contribution in [2.24, 2.45) is 0 Å². The zero-order valence-corrected chi connectivity index (χ0v) is 10.9. The summed E-state index contributed by atoms with van der Waals surface area (Å²) in [5, 5.41) is 2.65. The summed E-state index contributed by atoms with van der Waals surface area (Å²) < 4.78 is 1.92. The van der Waals surface area contributed by atoms with Gasteiger partial charge in [0, 0.05) is 25.0 Å². The highest BCUT2D eigenvalue weighted by atomic mass is 16.2. The molecule has 0 bridgehead atoms. The molecule has 0 aliphatic rings. The summed E-state index contributed by atoms with van der Waals surface area (Å²) >= 11 is 0. The molecular weight excluding hydrogens is 254 g/mol. The van der Waals surface area contributed by atoms with Crippen molar-refractivity contribution >= 4 is 17.4 Å². The molecule has 1 amide bonds. The van der Waals surface area contributed by atoms with Crippen molar-refractivity contribution in [1.29, 1.82) is 0 Å². The molecule has 0 saturated carbocycles. The molecule has 0 radical (unpaired) electrons. The Bertz CT molecular complexity index is 751. The van der Waals surface area contributed by atoms with Crippen LogP contribution >= 0.6 is 0 Å². The van der Waals surface area contributed by atoms with Gasteiger partial charge < -0.3 is 4.40 Å². The van der Waals surface area contributed by atoms with Gasteiger partial charge in [0.2, 0.25) is 5.95 Å². The average molecular weight is 267 g/mol. The Hall–Kier alpha value is -2.76. The lowest BCUT2D eigenvalue weighted by atomic mass is 10.3.